The van der Waals surface area contributed by atoms with Gasteiger partial charge < -0.3 is 10.5 Å². The summed E-state index contributed by atoms with van der Waals surface area (Å²) in [7, 11) is 0. The molecule has 2 rings (SSSR count). The fourth-order valence-electron chi connectivity index (χ4n) is 2.06. The van der Waals surface area contributed by atoms with Crippen molar-refractivity contribution in [3.63, 3.8) is 0 Å². The number of ether oxygens (including phenoxy) is 1. The predicted molar refractivity (Wildman–Crippen MR) is 71.5 cm³/mol. The zero-order valence-corrected chi connectivity index (χ0v) is 11.0. The summed E-state index contributed by atoms with van der Waals surface area (Å²) in [6.45, 7) is 2.68. The lowest BCUT2D eigenvalue weighted by Gasteiger charge is -2.14. The third-order valence-corrected chi connectivity index (χ3v) is 3.14. The standard InChI is InChI=1S/C14H18N2O3/c1-10-9-13(17)16(14(10)18)7-2-8-19-12-5-3-11(15)4-6-12/h3-6,10H,2,7-9,15H2,1H3. The molecule has 2 N–H and O–H groups in total. The quantitative estimate of drug-likeness (QED) is 0.495. The van der Waals surface area contributed by atoms with Crippen LogP contribution in [0.5, 0.6) is 5.75 Å². The Morgan fingerprint density at radius 1 is 1.32 bits per heavy atom. The molecule has 1 atom stereocenters. The lowest BCUT2D eigenvalue weighted by Crippen LogP contribution is -2.32. The van der Waals surface area contributed by atoms with Crippen molar-refractivity contribution in [2.24, 2.45) is 5.92 Å². The van der Waals surface area contributed by atoms with Gasteiger partial charge in [0.1, 0.15) is 5.75 Å². The molecule has 102 valence electrons. The molecule has 1 aliphatic heterocycles. The van der Waals surface area contributed by atoms with Gasteiger partial charge in [0, 0.05) is 24.6 Å². The maximum Gasteiger partial charge on any atom is 0.232 e. The number of nitrogens with zero attached hydrogens (tertiary/aromatic N) is 1. The number of likely N-dealkylation sites (tertiary alicyclic amines) is 1. The topological polar surface area (TPSA) is 72.6 Å². The Hall–Kier alpha value is -2.04. The number of nitrogen functional groups attached to an aromatic ring is 1. The summed E-state index contributed by atoms with van der Waals surface area (Å²) in [5, 5.41) is 0. The van der Waals surface area contributed by atoms with Crippen molar-refractivity contribution in [1.29, 1.82) is 0 Å². The second-order valence-electron chi connectivity index (χ2n) is 4.76. The van der Waals surface area contributed by atoms with Gasteiger partial charge in [0.25, 0.3) is 0 Å². The van der Waals surface area contributed by atoms with E-state index in [4.69, 9.17) is 10.5 Å². The average molecular weight is 262 g/mol. The molecule has 0 spiro atoms. The number of rotatable bonds is 5. The highest BCUT2D eigenvalue weighted by Crippen LogP contribution is 2.19. The molecule has 1 saturated heterocycles. The van der Waals surface area contributed by atoms with Crippen LogP contribution in [-0.2, 0) is 9.59 Å². The van der Waals surface area contributed by atoms with Crippen LogP contribution in [0, 0.1) is 5.92 Å². The third kappa shape index (κ3) is 3.24. The molecule has 0 bridgehead atoms. The first-order valence-corrected chi connectivity index (χ1v) is 6.40. The van der Waals surface area contributed by atoms with Crippen molar-refractivity contribution in [2.75, 3.05) is 18.9 Å². The van der Waals surface area contributed by atoms with Gasteiger partial charge in [-0.15, -0.1) is 0 Å². The number of nitrogens with two attached hydrogens (primary N) is 1. The molecule has 0 radical (unpaired) electrons. The molecule has 1 unspecified atom stereocenters. The molecule has 1 heterocycles. The van der Waals surface area contributed by atoms with E-state index in [1.165, 1.54) is 4.90 Å². The van der Waals surface area contributed by atoms with E-state index >= 15 is 0 Å². The Kier molecular flexibility index (Phi) is 4.04. The highest BCUT2D eigenvalue weighted by atomic mass is 16.5. The van der Waals surface area contributed by atoms with Crippen molar-refractivity contribution in [3.8, 4) is 5.75 Å². The molecule has 19 heavy (non-hydrogen) atoms. The lowest BCUT2D eigenvalue weighted by atomic mass is 10.1. The molecule has 1 fully saturated rings. The first kappa shape index (κ1) is 13.4. The summed E-state index contributed by atoms with van der Waals surface area (Å²) < 4.78 is 5.51. The Morgan fingerprint density at radius 2 is 2.00 bits per heavy atom. The molecular formula is C14H18N2O3. The van der Waals surface area contributed by atoms with Gasteiger partial charge in [-0.25, -0.2) is 0 Å². The van der Waals surface area contributed by atoms with Gasteiger partial charge >= 0.3 is 0 Å². The van der Waals surface area contributed by atoms with Crippen molar-refractivity contribution < 1.29 is 14.3 Å². The SMILES string of the molecule is CC1CC(=O)N(CCCOc2ccc(N)cc2)C1=O. The number of imide groups is 1. The molecule has 2 amide bonds. The Morgan fingerprint density at radius 3 is 2.58 bits per heavy atom. The van der Waals surface area contributed by atoms with E-state index in [0.717, 1.165) is 5.75 Å². The summed E-state index contributed by atoms with van der Waals surface area (Å²) in [5.74, 6) is 0.412. The lowest BCUT2D eigenvalue weighted by molar-refractivity contribution is -0.139. The number of carbonyl (C=O) groups is 2. The number of carbonyl (C=O) groups excluding carboxylic acids is 2. The molecule has 0 aromatic heterocycles. The number of benzene rings is 1. The minimum atomic E-state index is -0.175. The third-order valence-electron chi connectivity index (χ3n) is 3.14. The van der Waals surface area contributed by atoms with Crippen LogP contribution in [0.2, 0.25) is 0 Å². The fourth-order valence-corrected chi connectivity index (χ4v) is 2.06. The van der Waals surface area contributed by atoms with E-state index in [1.54, 1.807) is 31.2 Å². The van der Waals surface area contributed by atoms with E-state index < -0.39 is 0 Å². The van der Waals surface area contributed by atoms with E-state index in [-0.39, 0.29) is 17.7 Å². The summed E-state index contributed by atoms with van der Waals surface area (Å²) in [6, 6.07) is 7.13. The summed E-state index contributed by atoms with van der Waals surface area (Å²) >= 11 is 0. The summed E-state index contributed by atoms with van der Waals surface area (Å²) in [4.78, 5) is 24.5. The Labute approximate surface area is 112 Å². The van der Waals surface area contributed by atoms with Gasteiger partial charge in [0.15, 0.2) is 0 Å². The van der Waals surface area contributed by atoms with Gasteiger partial charge in [0.05, 0.1) is 6.61 Å². The molecule has 1 aliphatic rings. The Balaban J connectivity index is 1.74. The zero-order chi connectivity index (χ0) is 13.8. The van der Waals surface area contributed by atoms with Gasteiger partial charge in [-0.3, -0.25) is 14.5 Å². The van der Waals surface area contributed by atoms with E-state index in [2.05, 4.69) is 0 Å². The highest BCUT2D eigenvalue weighted by Gasteiger charge is 2.34. The zero-order valence-electron chi connectivity index (χ0n) is 11.0. The summed E-state index contributed by atoms with van der Waals surface area (Å²) in [6.07, 6.45) is 0.965. The minimum absolute atomic E-state index is 0.0718. The molecule has 5 nitrogen and oxygen atoms in total. The van der Waals surface area contributed by atoms with Crippen LogP contribution in [0.1, 0.15) is 19.8 Å². The van der Waals surface area contributed by atoms with Crippen LogP contribution in [0.3, 0.4) is 0 Å². The minimum Gasteiger partial charge on any atom is -0.494 e. The van der Waals surface area contributed by atoms with Crippen molar-refractivity contribution in [1.82, 2.24) is 4.90 Å². The van der Waals surface area contributed by atoms with Crippen LogP contribution in [0.4, 0.5) is 5.69 Å². The smallest absolute Gasteiger partial charge is 0.232 e. The molecular weight excluding hydrogens is 244 g/mol. The second kappa shape index (κ2) is 5.73. The first-order chi connectivity index (χ1) is 9.08. The van der Waals surface area contributed by atoms with Crippen molar-refractivity contribution >= 4 is 17.5 Å². The molecule has 1 aromatic carbocycles. The molecule has 5 heteroatoms. The van der Waals surface area contributed by atoms with Crippen molar-refractivity contribution in [3.05, 3.63) is 24.3 Å². The van der Waals surface area contributed by atoms with Crippen LogP contribution in [0.25, 0.3) is 0 Å². The van der Waals surface area contributed by atoms with Crippen molar-refractivity contribution in [2.45, 2.75) is 19.8 Å². The fraction of sp³-hybridized carbons (Fsp3) is 0.429. The van der Waals surface area contributed by atoms with Crippen LogP contribution >= 0.6 is 0 Å². The largest absolute Gasteiger partial charge is 0.494 e. The van der Waals surface area contributed by atoms with Crippen LogP contribution < -0.4 is 10.5 Å². The van der Waals surface area contributed by atoms with Gasteiger partial charge in [-0.1, -0.05) is 6.92 Å². The maximum absolute atomic E-state index is 11.7. The first-order valence-electron chi connectivity index (χ1n) is 6.40. The second-order valence-corrected chi connectivity index (χ2v) is 4.76. The number of hydrogen-bond acceptors (Lipinski definition) is 4. The summed E-state index contributed by atoms with van der Waals surface area (Å²) in [5.41, 5.74) is 6.26. The highest BCUT2D eigenvalue weighted by molar-refractivity contribution is 6.03. The predicted octanol–water partition coefficient (Wildman–Crippen LogP) is 1.43. The maximum atomic E-state index is 11.7. The molecule has 0 aliphatic carbocycles. The van der Waals surface area contributed by atoms with E-state index in [9.17, 15) is 9.59 Å². The van der Waals surface area contributed by atoms with Crippen LogP contribution in [-0.4, -0.2) is 29.9 Å². The van der Waals surface area contributed by atoms with E-state index in [0.29, 0.717) is 31.7 Å². The van der Waals surface area contributed by atoms with Gasteiger partial charge in [0.2, 0.25) is 11.8 Å². The molecule has 0 saturated carbocycles. The number of hydrogen-bond donors (Lipinski definition) is 1. The Bertz CT molecular complexity index is 470. The van der Waals surface area contributed by atoms with Gasteiger partial charge in [-0.05, 0) is 30.7 Å². The van der Waals surface area contributed by atoms with E-state index in [1.807, 2.05) is 0 Å². The monoisotopic (exact) mass is 262 g/mol. The number of anilines is 1. The van der Waals surface area contributed by atoms with Gasteiger partial charge in [-0.2, -0.15) is 0 Å². The molecule has 1 aromatic rings. The normalized spacial score (nSPS) is 19.0. The number of amides is 2. The average Bonchev–Trinajstić information content (AvgIpc) is 2.62. The van der Waals surface area contributed by atoms with Crippen LogP contribution in [0.15, 0.2) is 24.3 Å².